The van der Waals surface area contributed by atoms with E-state index in [1.807, 2.05) is 30.3 Å². The van der Waals surface area contributed by atoms with Gasteiger partial charge in [0.2, 0.25) is 0 Å². The molecule has 1 saturated heterocycles. The van der Waals surface area contributed by atoms with E-state index < -0.39 is 36.5 Å². The van der Waals surface area contributed by atoms with Gasteiger partial charge in [0.05, 0.1) is 24.1 Å². The van der Waals surface area contributed by atoms with Gasteiger partial charge in [0.15, 0.2) is 0 Å². The molecule has 0 aliphatic carbocycles. The first kappa shape index (κ1) is 21.5. The number of nitrogens with zero attached hydrogens (tertiary/aromatic N) is 2. The van der Waals surface area contributed by atoms with Crippen LogP contribution in [0, 0.1) is 11.3 Å². The highest BCUT2D eigenvalue weighted by atomic mass is 32.2. The lowest BCUT2D eigenvalue weighted by molar-refractivity contribution is -0.205. The standard InChI is InChI=1S/C22H20N2O6S/c23-10-14-13(16-7-4-8-29-16)9-15(12-5-2-1-3-6-12)24-21(14)31-22-20(28)19(27)18(26)17(11-25)30-22/h1-9,17-20,22,25-28H,11H2/t17-,18-,19+,20-,22+/m1/s1. The number of nitriles is 1. The molecule has 9 heteroatoms. The van der Waals surface area contributed by atoms with Crippen LogP contribution in [-0.2, 0) is 4.74 Å². The smallest absolute Gasteiger partial charge is 0.138 e. The third kappa shape index (κ3) is 4.22. The van der Waals surface area contributed by atoms with Crippen molar-refractivity contribution >= 4 is 11.8 Å². The number of aromatic nitrogens is 1. The molecule has 0 amide bonds. The minimum absolute atomic E-state index is 0.219. The van der Waals surface area contributed by atoms with Gasteiger partial charge in [-0.05, 0) is 18.2 Å². The molecule has 160 valence electrons. The van der Waals surface area contributed by atoms with Crippen LogP contribution < -0.4 is 0 Å². The molecule has 3 aromatic rings. The van der Waals surface area contributed by atoms with E-state index in [4.69, 9.17) is 9.15 Å². The minimum atomic E-state index is -1.52. The normalized spacial score (nSPS) is 25.8. The Balaban J connectivity index is 1.79. The van der Waals surface area contributed by atoms with Crippen LogP contribution in [0.2, 0.25) is 0 Å². The molecular formula is C22H20N2O6S. The monoisotopic (exact) mass is 440 g/mol. The van der Waals surface area contributed by atoms with Crippen molar-refractivity contribution in [3.8, 4) is 28.7 Å². The third-order valence-corrected chi connectivity index (χ3v) is 6.17. The zero-order valence-electron chi connectivity index (χ0n) is 16.2. The Labute approximate surface area is 182 Å². The summed E-state index contributed by atoms with van der Waals surface area (Å²) in [4.78, 5) is 4.61. The van der Waals surface area contributed by atoms with Crippen LogP contribution >= 0.6 is 11.8 Å². The van der Waals surface area contributed by atoms with Crippen molar-refractivity contribution in [3.05, 3.63) is 60.4 Å². The van der Waals surface area contributed by atoms with E-state index in [0.717, 1.165) is 17.3 Å². The van der Waals surface area contributed by atoms with Crippen LogP contribution in [0.1, 0.15) is 5.56 Å². The van der Waals surface area contributed by atoms with Gasteiger partial charge in [-0.25, -0.2) is 4.98 Å². The maximum Gasteiger partial charge on any atom is 0.138 e. The topological polar surface area (TPSA) is 140 Å². The van der Waals surface area contributed by atoms with E-state index in [-0.39, 0.29) is 10.6 Å². The molecule has 4 N–H and O–H groups in total. The van der Waals surface area contributed by atoms with Crippen molar-refractivity contribution in [3.63, 3.8) is 0 Å². The molecule has 0 saturated carbocycles. The van der Waals surface area contributed by atoms with Gasteiger partial charge in [-0.3, -0.25) is 0 Å². The maximum absolute atomic E-state index is 10.4. The molecule has 3 heterocycles. The van der Waals surface area contributed by atoms with Crippen molar-refractivity contribution in [1.82, 2.24) is 4.98 Å². The van der Waals surface area contributed by atoms with Crippen molar-refractivity contribution < 1.29 is 29.6 Å². The highest BCUT2D eigenvalue weighted by Crippen LogP contribution is 2.39. The first-order chi connectivity index (χ1) is 15.0. The number of furan rings is 1. The summed E-state index contributed by atoms with van der Waals surface area (Å²) >= 11 is 0.939. The second kappa shape index (κ2) is 9.20. The highest BCUT2D eigenvalue weighted by molar-refractivity contribution is 7.99. The molecule has 1 aliphatic heterocycles. The zero-order chi connectivity index (χ0) is 22.0. The Morgan fingerprint density at radius 2 is 1.81 bits per heavy atom. The van der Waals surface area contributed by atoms with Crippen molar-refractivity contribution in [1.29, 1.82) is 5.26 Å². The largest absolute Gasteiger partial charge is 0.464 e. The minimum Gasteiger partial charge on any atom is -0.464 e. The van der Waals surface area contributed by atoms with Crippen molar-refractivity contribution in [2.45, 2.75) is 34.9 Å². The number of hydrogen-bond donors (Lipinski definition) is 4. The molecule has 1 aromatic carbocycles. The lowest BCUT2D eigenvalue weighted by Crippen LogP contribution is -2.57. The Hall–Kier alpha value is -2.71. The summed E-state index contributed by atoms with van der Waals surface area (Å²) in [6.45, 7) is -0.539. The Bertz CT molecular complexity index is 1070. The molecule has 8 nitrogen and oxygen atoms in total. The van der Waals surface area contributed by atoms with Crippen LogP contribution in [0.15, 0.2) is 64.2 Å². The molecule has 31 heavy (non-hydrogen) atoms. The van der Waals surface area contributed by atoms with Crippen LogP contribution in [0.4, 0.5) is 0 Å². The summed E-state index contributed by atoms with van der Waals surface area (Å²) in [6.07, 6.45) is -3.99. The van der Waals surface area contributed by atoms with Crippen LogP contribution in [0.5, 0.6) is 0 Å². The second-order valence-corrected chi connectivity index (χ2v) is 8.09. The van der Waals surface area contributed by atoms with Crippen LogP contribution in [0.3, 0.4) is 0 Å². The number of pyridine rings is 1. The Morgan fingerprint density at radius 1 is 1.03 bits per heavy atom. The molecule has 0 spiro atoms. The number of hydrogen-bond acceptors (Lipinski definition) is 9. The van der Waals surface area contributed by atoms with E-state index in [0.29, 0.717) is 17.0 Å². The highest BCUT2D eigenvalue weighted by Gasteiger charge is 2.44. The number of benzene rings is 1. The lowest BCUT2D eigenvalue weighted by atomic mass is 10.0. The first-order valence-corrected chi connectivity index (χ1v) is 10.4. The van der Waals surface area contributed by atoms with Gasteiger partial charge < -0.3 is 29.6 Å². The second-order valence-electron chi connectivity index (χ2n) is 7.01. The average Bonchev–Trinajstić information content (AvgIpc) is 3.34. The number of aliphatic hydroxyl groups is 4. The van der Waals surface area contributed by atoms with Crippen LogP contribution in [0.25, 0.3) is 22.6 Å². The molecule has 5 atom stereocenters. The van der Waals surface area contributed by atoms with E-state index in [9.17, 15) is 25.7 Å². The zero-order valence-corrected chi connectivity index (χ0v) is 17.0. The van der Waals surface area contributed by atoms with E-state index in [2.05, 4.69) is 11.1 Å². The van der Waals surface area contributed by atoms with Gasteiger partial charge in [-0.1, -0.05) is 42.1 Å². The summed E-state index contributed by atoms with van der Waals surface area (Å²) in [5.41, 5.74) is 1.07. The summed E-state index contributed by atoms with van der Waals surface area (Å²) in [7, 11) is 0. The molecule has 1 fully saturated rings. The fourth-order valence-electron chi connectivity index (χ4n) is 3.37. The molecule has 0 radical (unpaired) electrons. The van der Waals surface area contributed by atoms with Gasteiger partial charge in [0.25, 0.3) is 0 Å². The molecule has 1 aliphatic rings. The SMILES string of the molecule is N#Cc1c(-c2ccco2)cc(-c2ccccc2)nc1S[C@@H]1O[C@H](CO)[C@@H](O)[C@H](O)[C@H]1O. The van der Waals surface area contributed by atoms with E-state index in [1.54, 1.807) is 18.2 Å². The summed E-state index contributed by atoms with van der Waals surface area (Å²) in [5, 5.41) is 50.1. The predicted molar refractivity (Wildman–Crippen MR) is 112 cm³/mol. The summed E-state index contributed by atoms with van der Waals surface area (Å²) < 4.78 is 11.1. The summed E-state index contributed by atoms with van der Waals surface area (Å²) in [6, 6.07) is 16.7. The first-order valence-electron chi connectivity index (χ1n) is 9.55. The number of ether oxygens (including phenoxy) is 1. The van der Waals surface area contributed by atoms with Crippen LogP contribution in [-0.4, -0.2) is 61.9 Å². The molecule has 0 unspecified atom stereocenters. The number of thioether (sulfide) groups is 1. The fourth-order valence-corrected chi connectivity index (χ4v) is 4.52. The third-order valence-electron chi connectivity index (χ3n) is 5.03. The fraction of sp³-hybridized carbons (Fsp3) is 0.273. The van der Waals surface area contributed by atoms with Crippen molar-refractivity contribution in [2.24, 2.45) is 0 Å². The molecule has 4 rings (SSSR count). The van der Waals surface area contributed by atoms with Gasteiger partial charge in [-0.2, -0.15) is 5.26 Å². The number of aliphatic hydroxyl groups excluding tert-OH is 4. The van der Waals surface area contributed by atoms with Gasteiger partial charge in [0, 0.05) is 11.1 Å². The van der Waals surface area contributed by atoms with E-state index in [1.165, 1.54) is 6.26 Å². The maximum atomic E-state index is 10.4. The molecular weight excluding hydrogens is 420 g/mol. The average molecular weight is 440 g/mol. The quantitative estimate of drug-likeness (QED) is 0.467. The van der Waals surface area contributed by atoms with Gasteiger partial charge in [0.1, 0.15) is 46.7 Å². The molecule has 0 bridgehead atoms. The summed E-state index contributed by atoms with van der Waals surface area (Å²) in [5.74, 6) is 0.479. The predicted octanol–water partition coefficient (Wildman–Crippen LogP) is 1.77. The number of rotatable bonds is 5. The Morgan fingerprint density at radius 3 is 2.45 bits per heavy atom. The van der Waals surface area contributed by atoms with Crippen molar-refractivity contribution in [2.75, 3.05) is 6.61 Å². The van der Waals surface area contributed by atoms with E-state index >= 15 is 0 Å². The van der Waals surface area contributed by atoms with Gasteiger partial charge >= 0.3 is 0 Å². The molecule has 2 aromatic heterocycles. The Kier molecular flexibility index (Phi) is 6.38. The van der Waals surface area contributed by atoms with Gasteiger partial charge in [-0.15, -0.1) is 0 Å². The lowest BCUT2D eigenvalue weighted by Gasteiger charge is -2.39.